The van der Waals surface area contributed by atoms with Crippen LogP contribution in [0.2, 0.25) is 0 Å². The molecule has 0 fully saturated rings. The molecule has 2 aliphatic rings. The highest BCUT2D eigenvalue weighted by Crippen LogP contribution is 2.56. The van der Waals surface area contributed by atoms with Crippen molar-refractivity contribution in [1.29, 1.82) is 0 Å². The van der Waals surface area contributed by atoms with Gasteiger partial charge >= 0.3 is 0 Å². The SMILES string of the molecule is CCCCc1ccc2c(c1)n1ccc3cccc4c3c1[n+]2C1(CC)C=CC41CC. The van der Waals surface area contributed by atoms with E-state index in [0.29, 0.717) is 0 Å². The number of hydrogen-bond donors (Lipinski definition) is 0. The smallest absolute Gasteiger partial charge is 0.212 e. The molecule has 0 radical (unpaired) electrons. The molecule has 4 aromatic rings. The van der Waals surface area contributed by atoms with Gasteiger partial charge in [-0.2, -0.15) is 4.40 Å². The molecule has 2 unspecified atom stereocenters. The van der Waals surface area contributed by atoms with E-state index in [1.807, 2.05) is 0 Å². The van der Waals surface area contributed by atoms with Crippen LogP contribution < -0.4 is 4.57 Å². The number of benzene rings is 2. The summed E-state index contributed by atoms with van der Waals surface area (Å²) in [6.07, 6.45) is 13.1. The highest BCUT2D eigenvalue weighted by Gasteiger charge is 2.62. The van der Waals surface area contributed by atoms with Crippen LogP contribution in [0.3, 0.4) is 0 Å². The Bertz CT molecular complexity index is 1330. The van der Waals surface area contributed by atoms with E-state index in [1.54, 1.807) is 0 Å². The number of fused-ring (bicyclic) bond motifs is 6. The highest BCUT2D eigenvalue weighted by molar-refractivity contribution is 6.00. The quantitative estimate of drug-likeness (QED) is 0.287. The van der Waals surface area contributed by atoms with E-state index in [0.717, 1.165) is 19.3 Å². The van der Waals surface area contributed by atoms with E-state index >= 15 is 0 Å². The van der Waals surface area contributed by atoms with Crippen molar-refractivity contribution in [2.45, 2.75) is 63.8 Å². The lowest BCUT2D eigenvalue weighted by Crippen LogP contribution is -2.71. The summed E-state index contributed by atoms with van der Waals surface area (Å²) >= 11 is 0. The van der Waals surface area contributed by atoms with Crippen LogP contribution in [0.5, 0.6) is 0 Å². The first kappa shape index (κ1) is 17.3. The Kier molecular flexibility index (Phi) is 3.40. The first-order valence-electron chi connectivity index (χ1n) is 11.3. The van der Waals surface area contributed by atoms with Crippen molar-refractivity contribution in [2.75, 3.05) is 0 Å². The molecule has 2 aromatic heterocycles. The largest absolute Gasteiger partial charge is 0.296 e. The van der Waals surface area contributed by atoms with Gasteiger partial charge in [0.05, 0.1) is 17.0 Å². The van der Waals surface area contributed by atoms with Crippen LogP contribution in [0.15, 0.2) is 60.8 Å². The van der Waals surface area contributed by atoms with Crippen LogP contribution in [-0.4, -0.2) is 4.40 Å². The predicted octanol–water partition coefficient (Wildman–Crippen LogP) is 6.21. The molecule has 0 bridgehead atoms. The van der Waals surface area contributed by atoms with Gasteiger partial charge in [-0.1, -0.05) is 57.5 Å². The monoisotopic (exact) mass is 381 g/mol. The Morgan fingerprint density at radius 2 is 1.86 bits per heavy atom. The summed E-state index contributed by atoms with van der Waals surface area (Å²) < 4.78 is 5.14. The van der Waals surface area contributed by atoms with E-state index < -0.39 is 0 Å². The minimum atomic E-state index is 0.0301. The number of hydrogen-bond acceptors (Lipinski definition) is 0. The van der Waals surface area contributed by atoms with Gasteiger partial charge in [-0.25, -0.2) is 4.57 Å². The minimum Gasteiger partial charge on any atom is -0.212 e. The van der Waals surface area contributed by atoms with E-state index in [2.05, 4.69) is 90.6 Å². The Hall–Kier alpha value is -2.61. The average Bonchev–Trinajstić information content (AvgIpc) is 3.07. The van der Waals surface area contributed by atoms with Gasteiger partial charge in [-0.3, -0.25) is 0 Å². The Labute approximate surface area is 172 Å². The van der Waals surface area contributed by atoms with Crippen molar-refractivity contribution < 1.29 is 4.57 Å². The molecule has 2 aromatic carbocycles. The van der Waals surface area contributed by atoms with Crippen LogP contribution >= 0.6 is 0 Å². The Balaban J connectivity index is 1.82. The summed E-state index contributed by atoms with van der Waals surface area (Å²) in [5, 5.41) is 2.80. The number of aromatic nitrogens is 2. The molecule has 0 N–H and O–H groups in total. The van der Waals surface area contributed by atoms with Crippen LogP contribution in [0, 0.1) is 0 Å². The van der Waals surface area contributed by atoms with Crippen LogP contribution in [0.4, 0.5) is 0 Å². The molecule has 1 aliphatic heterocycles. The van der Waals surface area contributed by atoms with Crippen LogP contribution in [-0.2, 0) is 17.4 Å². The number of imidazole rings is 1. The number of unbranched alkanes of at least 4 members (excludes halogenated alkanes) is 1. The van der Waals surface area contributed by atoms with Gasteiger partial charge in [0.1, 0.15) is 5.54 Å². The molecule has 6 rings (SSSR count). The summed E-state index contributed by atoms with van der Waals surface area (Å²) in [5.74, 6) is 0. The van der Waals surface area contributed by atoms with E-state index in [4.69, 9.17) is 0 Å². The maximum absolute atomic E-state index is 2.69. The zero-order chi connectivity index (χ0) is 19.8. The number of allylic oxidation sites excluding steroid dienone is 2. The number of aryl methyl sites for hydroxylation is 1. The lowest BCUT2D eigenvalue weighted by molar-refractivity contribution is -0.722. The van der Waals surface area contributed by atoms with Crippen molar-refractivity contribution in [3.63, 3.8) is 0 Å². The molecule has 1 aliphatic carbocycles. The first-order valence-corrected chi connectivity index (χ1v) is 11.3. The second-order valence-electron chi connectivity index (χ2n) is 8.98. The maximum atomic E-state index is 2.69. The van der Waals surface area contributed by atoms with Crippen molar-refractivity contribution in [1.82, 2.24) is 4.40 Å². The fourth-order valence-corrected chi connectivity index (χ4v) is 6.38. The van der Waals surface area contributed by atoms with Crippen LogP contribution in [0.1, 0.15) is 57.6 Å². The summed E-state index contributed by atoms with van der Waals surface area (Å²) in [6.45, 7) is 6.99. The zero-order valence-corrected chi connectivity index (χ0v) is 17.7. The maximum Gasteiger partial charge on any atom is 0.296 e. The number of nitrogens with zero attached hydrogens (tertiary/aromatic N) is 2. The highest BCUT2D eigenvalue weighted by atomic mass is 15.2. The summed E-state index contributed by atoms with van der Waals surface area (Å²) in [6, 6.07) is 16.4. The molecule has 2 nitrogen and oxygen atoms in total. The average molecular weight is 382 g/mol. The fourth-order valence-electron chi connectivity index (χ4n) is 6.38. The van der Waals surface area contributed by atoms with Crippen molar-refractivity contribution >= 4 is 27.5 Å². The molecular weight excluding hydrogens is 352 g/mol. The summed E-state index contributed by atoms with van der Waals surface area (Å²) in [7, 11) is 0. The summed E-state index contributed by atoms with van der Waals surface area (Å²) in [5.41, 5.74) is 7.19. The second-order valence-corrected chi connectivity index (χ2v) is 8.98. The molecule has 0 spiro atoms. The molecule has 146 valence electrons. The van der Waals surface area contributed by atoms with Gasteiger partial charge in [0.25, 0.3) is 5.65 Å². The number of rotatable bonds is 5. The van der Waals surface area contributed by atoms with Crippen LogP contribution in [0.25, 0.3) is 27.5 Å². The molecule has 2 heteroatoms. The molecule has 0 saturated heterocycles. The van der Waals surface area contributed by atoms with Gasteiger partial charge in [0.2, 0.25) is 0 Å². The van der Waals surface area contributed by atoms with Gasteiger partial charge < -0.3 is 0 Å². The molecule has 2 atom stereocenters. The van der Waals surface area contributed by atoms with Crippen molar-refractivity contribution in [3.05, 3.63) is 71.9 Å². The third-order valence-electron chi connectivity index (χ3n) is 7.92. The van der Waals surface area contributed by atoms with E-state index in [9.17, 15) is 0 Å². The fraction of sp³-hybridized carbons (Fsp3) is 0.370. The topological polar surface area (TPSA) is 8.29 Å². The van der Waals surface area contributed by atoms with E-state index in [-0.39, 0.29) is 11.0 Å². The molecular formula is C27H29N2+. The first-order chi connectivity index (χ1) is 14.2. The summed E-state index contributed by atoms with van der Waals surface area (Å²) in [4.78, 5) is 0. The molecule has 0 amide bonds. The third kappa shape index (κ3) is 1.82. The normalized spacial score (nSPS) is 24.5. The van der Waals surface area contributed by atoms with E-state index in [1.165, 1.54) is 51.4 Å². The molecule has 3 heterocycles. The molecule has 0 saturated carbocycles. The number of pyridine rings is 1. The lowest BCUT2D eigenvalue weighted by Gasteiger charge is -2.53. The van der Waals surface area contributed by atoms with Crippen molar-refractivity contribution in [2.24, 2.45) is 0 Å². The van der Waals surface area contributed by atoms with Crippen molar-refractivity contribution in [3.8, 4) is 0 Å². The Morgan fingerprint density at radius 1 is 0.966 bits per heavy atom. The third-order valence-corrected chi connectivity index (χ3v) is 7.92. The van der Waals surface area contributed by atoms with Gasteiger partial charge in [-0.15, -0.1) is 0 Å². The Morgan fingerprint density at radius 3 is 2.59 bits per heavy atom. The van der Waals surface area contributed by atoms with Gasteiger partial charge in [0.15, 0.2) is 11.0 Å². The second kappa shape index (κ2) is 5.72. The minimum absolute atomic E-state index is 0.0301. The molecule has 29 heavy (non-hydrogen) atoms. The van der Waals surface area contributed by atoms with Gasteiger partial charge in [0, 0.05) is 0 Å². The van der Waals surface area contributed by atoms with Gasteiger partial charge in [-0.05, 0) is 66.5 Å². The zero-order valence-electron chi connectivity index (χ0n) is 17.7. The standard InChI is InChI=1S/C27H29N2/c1-4-7-9-19-12-13-22-23(18-19)28-17-14-20-10-8-11-21-24(20)25(28)29(22)27(6-3)16-15-26(21,27)5-2/h8,10-18H,4-7,9H2,1-3H3/q+1. The predicted molar refractivity (Wildman–Crippen MR) is 121 cm³/mol. The lowest BCUT2D eigenvalue weighted by atomic mass is 9.53.